The van der Waals surface area contributed by atoms with Gasteiger partial charge in [-0.05, 0) is 31.2 Å². The Kier molecular flexibility index (Phi) is 3.61. The van der Waals surface area contributed by atoms with Crippen LogP contribution in [0.15, 0.2) is 35.1 Å². The van der Waals surface area contributed by atoms with Gasteiger partial charge in [-0.25, -0.2) is 0 Å². The summed E-state index contributed by atoms with van der Waals surface area (Å²) >= 11 is 0. The molecule has 104 valence electrons. The molecule has 0 aliphatic heterocycles. The number of aromatic nitrogens is 1. The van der Waals surface area contributed by atoms with Crippen LogP contribution in [-0.4, -0.2) is 17.5 Å². The summed E-state index contributed by atoms with van der Waals surface area (Å²) in [5, 5.41) is 7.40. The summed E-state index contributed by atoms with van der Waals surface area (Å²) < 4.78 is 6.83. The van der Waals surface area contributed by atoms with E-state index in [1.807, 2.05) is 25.1 Å². The van der Waals surface area contributed by atoms with E-state index in [-0.39, 0.29) is 17.0 Å². The van der Waals surface area contributed by atoms with Crippen molar-refractivity contribution in [2.75, 3.05) is 7.11 Å². The van der Waals surface area contributed by atoms with Crippen LogP contribution in [0.1, 0.15) is 11.1 Å². The maximum absolute atomic E-state index is 12.2. The highest BCUT2D eigenvalue weighted by atomic mass is 16.5. The molecule has 0 unspecified atom stereocenters. The highest BCUT2D eigenvalue weighted by Crippen LogP contribution is 2.29. The quantitative estimate of drug-likeness (QED) is 0.658. The van der Waals surface area contributed by atoms with Crippen LogP contribution in [0.3, 0.4) is 0 Å². The standard InChI is InChI=1S/C15H17N3O2/c1-9-4-7-13(20-3)11(8-9)12-6-5-10(14(16)17)15(19)18(12)2/h4-8H,1-3H3,(H3,16,17). The van der Waals surface area contributed by atoms with Gasteiger partial charge in [-0.3, -0.25) is 10.2 Å². The van der Waals surface area contributed by atoms with Gasteiger partial charge in [-0.1, -0.05) is 11.6 Å². The summed E-state index contributed by atoms with van der Waals surface area (Å²) in [6.07, 6.45) is 0. The van der Waals surface area contributed by atoms with Crippen LogP contribution in [-0.2, 0) is 7.05 Å². The Hall–Kier alpha value is -2.56. The Labute approximate surface area is 117 Å². The van der Waals surface area contributed by atoms with Gasteiger partial charge in [0.1, 0.15) is 11.6 Å². The lowest BCUT2D eigenvalue weighted by molar-refractivity contribution is 0.416. The molecule has 20 heavy (non-hydrogen) atoms. The first-order valence-corrected chi connectivity index (χ1v) is 6.15. The number of hydrogen-bond donors (Lipinski definition) is 2. The minimum Gasteiger partial charge on any atom is -0.496 e. The summed E-state index contributed by atoms with van der Waals surface area (Å²) in [5.41, 5.74) is 7.93. The summed E-state index contributed by atoms with van der Waals surface area (Å²) in [6, 6.07) is 9.12. The van der Waals surface area contributed by atoms with Crippen molar-refractivity contribution in [2.24, 2.45) is 12.8 Å². The number of nitrogen functional groups attached to an aromatic ring is 1. The summed E-state index contributed by atoms with van der Waals surface area (Å²) in [4.78, 5) is 12.2. The number of benzene rings is 1. The number of rotatable bonds is 3. The fraction of sp³-hybridized carbons (Fsp3) is 0.200. The SMILES string of the molecule is COc1ccc(C)cc1-c1ccc(C(=N)N)c(=O)n1C. The molecule has 0 aliphatic rings. The second-order valence-corrected chi connectivity index (χ2v) is 4.61. The van der Waals surface area contributed by atoms with Gasteiger partial charge >= 0.3 is 0 Å². The molecule has 0 saturated carbocycles. The molecule has 0 saturated heterocycles. The summed E-state index contributed by atoms with van der Waals surface area (Å²) in [7, 11) is 3.25. The molecule has 3 N–H and O–H groups in total. The highest BCUT2D eigenvalue weighted by molar-refractivity contribution is 5.94. The number of nitrogens with zero attached hydrogens (tertiary/aromatic N) is 1. The maximum Gasteiger partial charge on any atom is 0.261 e. The van der Waals surface area contributed by atoms with Gasteiger partial charge in [-0.2, -0.15) is 0 Å². The molecular formula is C15H17N3O2. The molecule has 1 aromatic carbocycles. The second kappa shape index (κ2) is 5.21. The largest absolute Gasteiger partial charge is 0.496 e. The maximum atomic E-state index is 12.2. The van der Waals surface area contributed by atoms with Crippen LogP contribution in [0.2, 0.25) is 0 Å². The van der Waals surface area contributed by atoms with Crippen molar-refractivity contribution in [3.8, 4) is 17.0 Å². The van der Waals surface area contributed by atoms with Gasteiger partial charge in [0.2, 0.25) is 0 Å². The van der Waals surface area contributed by atoms with Crippen molar-refractivity contribution in [1.29, 1.82) is 5.41 Å². The number of ether oxygens (including phenoxy) is 1. The summed E-state index contributed by atoms with van der Waals surface area (Å²) in [6.45, 7) is 1.98. The predicted octanol–water partition coefficient (Wildman–Crippen LogP) is 1.65. The smallest absolute Gasteiger partial charge is 0.261 e. The van der Waals surface area contributed by atoms with Crippen LogP contribution in [0.4, 0.5) is 0 Å². The first-order chi connectivity index (χ1) is 9.45. The fourth-order valence-electron chi connectivity index (χ4n) is 2.13. The van der Waals surface area contributed by atoms with Gasteiger partial charge in [-0.15, -0.1) is 0 Å². The van der Waals surface area contributed by atoms with Gasteiger partial charge < -0.3 is 15.0 Å². The predicted molar refractivity (Wildman–Crippen MR) is 79.4 cm³/mol. The van der Waals surface area contributed by atoms with E-state index in [1.165, 1.54) is 4.57 Å². The van der Waals surface area contributed by atoms with Crippen molar-refractivity contribution < 1.29 is 4.74 Å². The molecule has 5 heteroatoms. The number of nitrogens with one attached hydrogen (secondary N) is 1. The van der Waals surface area contributed by atoms with E-state index in [4.69, 9.17) is 15.9 Å². The Bertz CT molecular complexity index is 732. The van der Waals surface area contributed by atoms with Crippen LogP contribution in [0, 0.1) is 12.3 Å². The van der Waals surface area contributed by atoms with Crippen LogP contribution >= 0.6 is 0 Å². The van der Waals surface area contributed by atoms with Crippen molar-refractivity contribution in [3.63, 3.8) is 0 Å². The number of hydrogen-bond acceptors (Lipinski definition) is 3. The van der Waals surface area contributed by atoms with Gasteiger partial charge in [0.25, 0.3) is 5.56 Å². The van der Waals surface area contributed by atoms with E-state index < -0.39 is 0 Å². The monoisotopic (exact) mass is 271 g/mol. The van der Waals surface area contributed by atoms with Gasteiger partial charge in [0, 0.05) is 12.6 Å². The number of amidine groups is 1. The lowest BCUT2D eigenvalue weighted by atomic mass is 10.1. The minimum absolute atomic E-state index is 0.197. The zero-order chi connectivity index (χ0) is 14.9. The molecule has 2 rings (SSSR count). The Morgan fingerprint density at radius 2 is 2.00 bits per heavy atom. The number of aryl methyl sites for hydroxylation is 1. The number of methoxy groups -OCH3 is 1. The zero-order valence-electron chi connectivity index (χ0n) is 11.7. The summed E-state index contributed by atoms with van der Waals surface area (Å²) in [5.74, 6) is 0.467. The lowest BCUT2D eigenvalue weighted by Gasteiger charge is -2.14. The molecule has 0 bridgehead atoms. The van der Waals surface area contributed by atoms with E-state index in [1.54, 1.807) is 26.3 Å². The van der Waals surface area contributed by atoms with Crippen molar-refractivity contribution in [1.82, 2.24) is 4.57 Å². The third-order valence-electron chi connectivity index (χ3n) is 3.23. The van der Waals surface area contributed by atoms with Crippen molar-refractivity contribution in [3.05, 3.63) is 51.8 Å². The van der Waals surface area contributed by atoms with E-state index >= 15 is 0 Å². The van der Waals surface area contributed by atoms with Gasteiger partial charge in [0.05, 0.1) is 18.4 Å². The number of pyridine rings is 1. The van der Waals surface area contributed by atoms with Crippen LogP contribution in [0.5, 0.6) is 5.75 Å². The first-order valence-electron chi connectivity index (χ1n) is 6.15. The van der Waals surface area contributed by atoms with Crippen LogP contribution in [0.25, 0.3) is 11.3 Å². The van der Waals surface area contributed by atoms with E-state index in [2.05, 4.69) is 0 Å². The third kappa shape index (κ3) is 2.30. The van der Waals surface area contributed by atoms with E-state index in [0.717, 1.165) is 16.8 Å². The Morgan fingerprint density at radius 1 is 1.30 bits per heavy atom. The van der Waals surface area contributed by atoms with Gasteiger partial charge in [0.15, 0.2) is 0 Å². The molecule has 5 nitrogen and oxygen atoms in total. The normalized spacial score (nSPS) is 10.3. The Balaban J connectivity index is 2.72. The number of nitrogens with two attached hydrogens (primary N) is 1. The highest BCUT2D eigenvalue weighted by Gasteiger charge is 2.13. The van der Waals surface area contributed by atoms with E-state index in [9.17, 15) is 4.79 Å². The van der Waals surface area contributed by atoms with Crippen molar-refractivity contribution in [2.45, 2.75) is 6.92 Å². The third-order valence-corrected chi connectivity index (χ3v) is 3.23. The first kappa shape index (κ1) is 13.9. The average molecular weight is 271 g/mol. The molecule has 0 atom stereocenters. The van der Waals surface area contributed by atoms with Crippen molar-refractivity contribution >= 4 is 5.84 Å². The van der Waals surface area contributed by atoms with E-state index in [0.29, 0.717) is 5.75 Å². The molecular weight excluding hydrogens is 254 g/mol. The Morgan fingerprint density at radius 3 is 2.60 bits per heavy atom. The topological polar surface area (TPSA) is 81.1 Å². The lowest BCUT2D eigenvalue weighted by Crippen LogP contribution is -2.28. The molecule has 0 fully saturated rings. The zero-order valence-corrected chi connectivity index (χ0v) is 11.7. The molecule has 2 aromatic rings. The average Bonchev–Trinajstić information content (AvgIpc) is 2.41. The second-order valence-electron chi connectivity index (χ2n) is 4.61. The van der Waals surface area contributed by atoms with Crippen LogP contribution < -0.4 is 16.0 Å². The minimum atomic E-state index is -0.293. The fourth-order valence-corrected chi connectivity index (χ4v) is 2.13. The molecule has 0 aliphatic carbocycles. The molecule has 1 aromatic heterocycles. The molecule has 1 heterocycles. The molecule has 0 radical (unpaired) electrons. The molecule has 0 amide bonds. The molecule has 0 spiro atoms.